The van der Waals surface area contributed by atoms with Gasteiger partial charge in [0.25, 0.3) is 0 Å². The molecule has 2 aliphatic heterocycles. The summed E-state index contributed by atoms with van der Waals surface area (Å²) in [4.78, 5) is 16.8. The summed E-state index contributed by atoms with van der Waals surface area (Å²) in [6.07, 6.45) is 2.21. The first kappa shape index (κ1) is 18.7. The molecule has 1 saturated heterocycles. The molecule has 2 aromatic carbocycles. The molecule has 2 N–H and O–H groups in total. The second kappa shape index (κ2) is 8.61. The Bertz CT molecular complexity index is 822. The van der Waals surface area contributed by atoms with Crippen molar-refractivity contribution in [2.45, 2.75) is 19.4 Å². The fraction of sp³-hybridized carbons (Fsp3) is 0.409. The molecule has 4 rings (SSSR count). The van der Waals surface area contributed by atoms with Crippen molar-refractivity contribution in [2.75, 3.05) is 42.5 Å². The Labute approximate surface area is 165 Å². The highest BCUT2D eigenvalue weighted by Gasteiger charge is 2.27. The van der Waals surface area contributed by atoms with Gasteiger partial charge in [-0.15, -0.1) is 0 Å². The second-order valence-electron chi connectivity index (χ2n) is 7.53. The maximum Gasteiger partial charge on any atom is 0.322 e. The number of hydrogen-bond acceptors (Lipinski definition) is 3. The van der Waals surface area contributed by atoms with Crippen LogP contribution < -0.4 is 20.4 Å². The van der Waals surface area contributed by atoms with Crippen molar-refractivity contribution < 1.29 is 9.18 Å². The van der Waals surface area contributed by atoms with Crippen molar-refractivity contribution in [3.8, 4) is 0 Å². The molecule has 0 saturated carbocycles. The molecule has 5 nitrogen and oxygen atoms in total. The molecule has 2 aromatic rings. The third-order valence-corrected chi connectivity index (χ3v) is 5.67. The number of urea groups is 1. The fourth-order valence-corrected chi connectivity index (χ4v) is 4.04. The van der Waals surface area contributed by atoms with E-state index in [2.05, 4.69) is 15.5 Å². The standard InChI is InChI=1S/C22H27FN4O/c23-19-6-2-1-5-18(19)16-26-13-14-27(21-8-4-3-7-20(21)26)22(28)25-15-17-9-11-24-12-10-17/h1-8,17,24H,9-16H2,(H,25,28). The summed E-state index contributed by atoms with van der Waals surface area (Å²) in [5, 5.41) is 6.47. The van der Waals surface area contributed by atoms with Crippen LogP contribution in [0.15, 0.2) is 48.5 Å². The van der Waals surface area contributed by atoms with Crippen LogP contribution >= 0.6 is 0 Å². The zero-order valence-electron chi connectivity index (χ0n) is 16.0. The first-order chi connectivity index (χ1) is 13.7. The first-order valence-corrected chi connectivity index (χ1v) is 10.1. The molecule has 148 valence electrons. The smallest absolute Gasteiger partial charge is 0.322 e. The van der Waals surface area contributed by atoms with Crippen LogP contribution in [0, 0.1) is 11.7 Å². The molecule has 0 aromatic heterocycles. The van der Waals surface area contributed by atoms with Crippen LogP contribution in [0.4, 0.5) is 20.6 Å². The van der Waals surface area contributed by atoms with E-state index in [1.165, 1.54) is 6.07 Å². The van der Waals surface area contributed by atoms with Crippen LogP contribution in [-0.4, -0.2) is 38.8 Å². The molecular weight excluding hydrogens is 355 g/mol. The number of amides is 2. The normalized spacial score (nSPS) is 17.3. The van der Waals surface area contributed by atoms with Crippen LogP contribution in [0.3, 0.4) is 0 Å². The van der Waals surface area contributed by atoms with E-state index in [9.17, 15) is 9.18 Å². The number of nitrogens with zero attached hydrogens (tertiary/aromatic N) is 2. The Morgan fingerprint density at radius 2 is 1.75 bits per heavy atom. The molecule has 0 radical (unpaired) electrons. The van der Waals surface area contributed by atoms with Crippen molar-refractivity contribution in [1.82, 2.24) is 10.6 Å². The number of carbonyl (C=O) groups excluding carboxylic acids is 1. The number of nitrogens with one attached hydrogen (secondary N) is 2. The third kappa shape index (κ3) is 4.12. The summed E-state index contributed by atoms with van der Waals surface area (Å²) in [6.45, 7) is 4.53. The lowest BCUT2D eigenvalue weighted by Crippen LogP contribution is -2.49. The molecule has 0 bridgehead atoms. The molecular formula is C22H27FN4O. The van der Waals surface area contributed by atoms with E-state index in [1.54, 1.807) is 6.07 Å². The number of fused-ring (bicyclic) bond motifs is 1. The monoisotopic (exact) mass is 382 g/mol. The SMILES string of the molecule is O=C(NCC1CCNCC1)N1CCN(Cc2ccccc2F)c2ccccc21. The lowest BCUT2D eigenvalue weighted by Gasteiger charge is -2.38. The zero-order chi connectivity index (χ0) is 19.3. The molecule has 2 amide bonds. The van der Waals surface area contributed by atoms with Gasteiger partial charge in [-0.25, -0.2) is 9.18 Å². The van der Waals surface area contributed by atoms with Crippen molar-refractivity contribution in [2.24, 2.45) is 5.92 Å². The molecule has 2 heterocycles. The molecule has 0 aliphatic carbocycles. The highest BCUT2D eigenvalue weighted by Crippen LogP contribution is 2.34. The van der Waals surface area contributed by atoms with Crippen molar-refractivity contribution >= 4 is 17.4 Å². The van der Waals surface area contributed by atoms with E-state index in [4.69, 9.17) is 0 Å². The van der Waals surface area contributed by atoms with Gasteiger partial charge in [0.1, 0.15) is 5.82 Å². The predicted molar refractivity (Wildman–Crippen MR) is 110 cm³/mol. The molecule has 0 atom stereocenters. The average molecular weight is 382 g/mol. The molecule has 0 spiro atoms. The van der Waals surface area contributed by atoms with Gasteiger partial charge in [-0.05, 0) is 50.0 Å². The summed E-state index contributed by atoms with van der Waals surface area (Å²) >= 11 is 0. The Kier molecular flexibility index (Phi) is 5.76. The van der Waals surface area contributed by atoms with Gasteiger partial charge in [0.15, 0.2) is 0 Å². The average Bonchev–Trinajstić information content (AvgIpc) is 2.74. The lowest BCUT2D eigenvalue weighted by molar-refractivity contribution is 0.242. The number of para-hydroxylation sites is 2. The summed E-state index contributed by atoms with van der Waals surface area (Å²) in [5.74, 6) is 0.352. The van der Waals surface area contributed by atoms with Gasteiger partial charge in [-0.1, -0.05) is 30.3 Å². The molecule has 6 heteroatoms. The molecule has 2 aliphatic rings. The van der Waals surface area contributed by atoms with Crippen LogP contribution in [-0.2, 0) is 6.54 Å². The van der Waals surface area contributed by atoms with Gasteiger partial charge < -0.3 is 15.5 Å². The summed E-state index contributed by atoms with van der Waals surface area (Å²) in [7, 11) is 0. The van der Waals surface area contributed by atoms with Gasteiger partial charge in [0.05, 0.1) is 11.4 Å². The van der Waals surface area contributed by atoms with E-state index in [1.807, 2.05) is 41.3 Å². The van der Waals surface area contributed by atoms with Crippen LogP contribution in [0.2, 0.25) is 0 Å². The number of halogens is 1. The maximum atomic E-state index is 14.1. The molecule has 1 fully saturated rings. The number of anilines is 2. The number of hydrogen-bond donors (Lipinski definition) is 2. The number of benzene rings is 2. The van der Waals surface area contributed by atoms with E-state index in [-0.39, 0.29) is 11.8 Å². The maximum absolute atomic E-state index is 14.1. The Balaban J connectivity index is 1.46. The van der Waals surface area contributed by atoms with Gasteiger partial charge in [-0.2, -0.15) is 0 Å². The summed E-state index contributed by atoms with van der Waals surface area (Å²) in [5.41, 5.74) is 2.52. The molecule has 28 heavy (non-hydrogen) atoms. The van der Waals surface area contributed by atoms with Crippen molar-refractivity contribution in [1.29, 1.82) is 0 Å². The van der Waals surface area contributed by atoms with Crippen molar-refractivity contribution in [3.05, 3.63) is 59.9 Å². The summed E-state index contributed by atoms with van der Waals surface area (Å²) < 4.78 is 14.1. The first-order valence-electron chi connectivity index (χ1n) is 10.1. The lowest BCUT2D eigenvalue weighted by atomic mass is 9.98. The Morgan fingerprint density at radius 1 is 1.04 bits per heavy atom. The minimum atomic E-state index is -0.192. The molecule has 0 unspecified atom stereocenters. The number of rotatable bonds is 4. The van der Waals surface area contributed by atoms with Gasteiger partial charge >= 0.3 is 6.03 Å². The summed E-state index contributed by atoms with van der Waals surface area (Å²) in [6, 6.07) is 14.7. The second-order valence-corrected chi connectivity index (χ2v) is 7.53. The van der Waals surface area contributed by atoms with Gasteiger partial charge in [0, 0.05) is 31.7 Å². The Morgan fingerprint density at radius 3 is 2.54 bits per heavy atom. The van der Waals surface area contributed by atoms with E-state index < -0.39 is 0 Å². The van der Waals surface area contributed by atoms with E-state index in [0.717, 1.165) is 43.9 Å². The third-order valence-electron chi connectivity index (χ3n) is 5.67. The van der Waals surface area contributed by atoms with Crippen LogP contribution in [0.25, 0.3) is 0 Å². The predicted octanol–water partition coefficient (Wildman–Crippen LogP) is 3.36. The van der Waals surface area contributed by atoms with Crippen LogP contribution in [0.1, 0.15) is 18.4 Å². The van der Waals surface area contributed by atoms with E-state index >= 15 is 0 Å². The quantitative estimate of drug-likeness (QED) is 0.852. The van der Waals surface area contributed by atoms with Gasteiger partial charge in [-0.3, -0.25) is 4.90 Å². The number of carbonyl (C=O) groups is 1. The van der Waals surface area contributed by atoms with Gasteiger partial charge in [0.2, 0.25) is 0 Å². The highest BCUT2D eigenvalue weighted by atomic mass is 19.1. The minimum Gasteiger partial charge on any atom is -0.364 e. The van der Waals surface area contributed by atoms with Crippen molar-refractivity contribution in [3.63, 3.8) is 0 Å². The van der Waals surface area contributed by atoms with E-state index in [0.29, 0.717) is 31.1 Å². The Hall–Kier alpha value is -2.60. The van der Waals surface area contributed by atoms with Crippen LogP contribution in [0.5, 0.6) is 0 Å². The number of piperidine rings is 1. The minimum absolute atomic E-state index is 0.0449. The topological polar surface area (TPSA) is 47.6 Å². The largest absolute Gasteiger partial charge is 0.364 e. The zero-order valence-corrected chi connectivity index (χ0v) is 16.0. The highest BCUT2D eigenvalue weighted by molar-refractivity contribution is 5.96. The fourth-order valence-electron chi connectivity index (χ4n) is 4.04.